The maximum Gasteiger partial charge on any atom is 0.339 e. The van der Waals surface area contributed by atoms with Crippen LogP contribution in [0.25, 0.3) is 10.8 Å². The Morgan fingerprint density at radius 1 is 1.08 bits per heavy atom. The number of ether oxygens (including phenoxy) is 2. The Labute approximate surface area is 153 Å². The normalized spacial score (nSPS) is 19.8. The van der Waals surface area contributed by atoms with E-state index < -0.39 is 5.97 Å². The number of hydrogen-bond donors (Lipinski definition) is 1. The van der Waals surface area contributed by atoms with Crippen LogP contribution in [0.1, 0.15) is 43.0 Å². The van der Waals surface area contributed by atoms with E-state index >= 15 is 0 Å². The number of carbonyl (C=O) groups excluding carboxylic acids is 2. The number of hydrogen-bond acceptors (Lipinski definition) is 4. The SMILES string of the molecule is COc1ccc(C(=O)OCC(=O)N[C@@H]2CCCC[C@@H]2C)c2ccccc12. The summed E-state index contributed by atoms with van der Waals surface area (Å²) in [6, 6.07) is 11.1. The maximum absolute atomic E-state index is 12.5. The molecule has 1 aliphatic carbocycles. The first-order valence-electron chi connectivity index (χ1n) is 9.12. The van der Waals surface area contributed by atoms with E-state index in [1.807, 2.05) is 24.3 Å². The zero-order chi connectivity index (χ0) is 18.5. The molecule has 0 aromatic heterocycles. The van der Waals surface area contributed by atoms with Crippen molar-refractivity contribution in [3.05, 3.63) is 42.0 Å². The standard InChI is InChI=1S/C21H25NO4/c1-14-7-3-6-10-18(14)22-20(23)13-26-21(24)17-11-12-19(25-2)16-9-5-4-8-15(16)17/h4-5,8-9,11-12,14,18H,3,6-7,10,13H2,1-2H3,(H,22,23)/t14-,18+/m0/s1. The van der Waals surface area contributed by atoms with E-state index in [1.54, 1.807) is 19.2 Å². The largest absolute Gasteiger partial charge is 0.496 e. The molecule has 1 saturated carbocycles. The summed E-state index contributed by atoms with van der Waals surface area (Å²) < 4.78 is 10.6. The summed E-state index contributed by atoms with van der Waals surface area (Å²) >= 11 is 0. The number of nitrogens with one attached hydrogen (secondary N) is 1. The van der Waals surface area contributed by atoms with Crippen molar-refractivity contribution in [1.29, 1.82) is 0 Å². The molecule has 0 aliphatic heterocycles. The van der Waals surface area contributed by atoms with Gasteiger partial charge >= 0.3 is 5.97 Å². The molecule has 1 aliphatic rings. The summed E-state index contributed by atoms with van der Waals surface area (Å²) in [7, 11) is 1.59. The van der Waals surface area contributed by atoms with E-state index in [1.165, 1.54) is 6.42 Å². The van der Waals surface area contributed by atoms with Gasteiger partial charge < -0.3 is 14.8 Å². The van der Waals surface area contributed by atoms with Crippen LogP contribution in [0.4, 0.5) is 0 Å². The van der Waals surface area contributed by atoms with Crippen molar-refractivity contribution in [2.75, 3.05) is 13.7 Å². The molecule has 5 nitrogen and oxygen atoms in total. The van der Waals surface area contributed by atoms with Gasteiger partial charge in [0, 0.05) is 11.4 Å². The highest BCUT2D eigenvalue weighted by Crippen LogP contribution is 2.28. The van der Waals surface area contributed by atoms with E-state index in [4.69, 9.17) is 9.47 Å². The van der Waals surface area contributed by atoms with E-state index in [9.17, 15) is 9.59 Å². The van der Waals surface area contributed by atoms with Crippen LogP contribution < -0.4 is 10.1 Å². The van der Waals surface area contributed by atoms with Gasteiger partial charge in [-0.1, -0.05) is 44.0 Å². The van der Waals surface area contributed by atoms with Crippen LogP contribution in [-0.2, 0) is 9.53 Å². The zero-order valence-corrected chi connectivity index (χ0v) is 15.3. The number of methoxy groups -OCH3 is 1. The lowest BCUT2D eigenvalue weighted by atomic mass is 9.86. The van der Waals surface area contributed by atoms with Crippen LogP contribution in [0.15, 0.2) is 36.4 Å². The van der Waals surface area contributed by atoms with Crippen molar-refractivity contribution in [2.45, 2.75) is 38.6 Å². The molecule has 2 aromatic carbocycles. The highest BCUT2D eigenvalue weighted by atomic mass is 16.5. The van der Waals surface area contributed by atoms with Crippen molar-refractivity contribution in [1.82, 2.24) is 5.32 Å². The van der Waals surface area contributed by atoms with Crippen molar-refractivity contribution in [3.63, 3.8) is 0 Å². The van der Waals surface area contributed by atoms with E-state index in [-0.39, 0.29) is 18.6 Å². The van der Waals surface area contributed by atoms with E-state index in [2.05, 4.69) is 12.2 Å². The van der Waals surface area contributed by atoms with Gasteiger partial charge in [0.1, 0.15) is 5.75 Å². The Morgan fingerprint density at radius 3 is 2.54 bits per heavy atom. The van der Waals surface area contributed by atoms with Gasteiger partial charge in [0.2, 0.25) is 0 Å². The van der Waals surface area contributed by atoms with Crippen molar-refractivity contribution in [2.24, 2.45) is 5.92 Å². The first-order valence-corrected chi connectivity index (χ1v) is 9.12. The smallest absolute Gasteiger partial charge is 0.339 e. The van der Waals surface area contributed by atoms with Crippen LogP contribution >= 0.6 is 0 Å². The third-order valence-corrected chi connectivity index (χ3v) is 5.12. The van der Waals surface area contributed by atoms with Crippen molar-refractivity contribution in [3.8, 4) is 5.75 Å². The van der Waals surface area contributed by atoms with Gasteiger partial charge in [-0.3, -0.25) is 4.79 Å². The lowest BCUT2D eigenvalue weighted by Crippen LogP contribution is -2.42. The van der Waals surface area contributed by atoms with Crippen molar-refractivity contribution >= 4 is 22.6 Å². The van der Waals surface area contributed by atoms with Gasteiger partial charge in [-0.15, -0.1) is 0 Å². The molecule has 1 N–H and O–H groups in total. The molecule has 0 saturated heterocycles. The third kappa shape index (κ3) is 3.98. The van der Waals surface area contributed by atoms with E-state index in [0.717, 1.165) is 30.0 Å². The topological polar surface area (TPSA) is 64.6 Å². The predicted octanol–water partition coefficient (Wildman–Crippen LogP) is 3.70. The van der Waals surface area contributed by atoms with Gasteiger partial charge in [0.15, 0.2) is 6.61 Å². The molecule has 0 bridgehead atoms. The molecule has 0 radical (unpaired) electrons. The number of carbonyl (C=O) groups is 2. The molecule has 26 heavy (non-hydrogen) atoms. The van der Waals surface area contributed by atoms with Crippen LogP contribution in [0.2, 0.25) is 0 Å². The number of rotatable bonds is 5. The monoisotopic (exact) mass is 355 g/mol. The van der Waals surface area contributed by atoms with Crippen LogP contribution in [0.5, 0.6) is 5.75 Å². The summed E-state index contributed by atoms with van der Waals surface area (Å²) in [4.78, 5) is 24.6. The molecule has 0 unspecified atom stereocenters. The second kappa shape index (κ2) is 8.21. The molecule has 0 heterocycles. The lowest BCUT2D eigenvalue weighted by molar-refractivity contribution is -0.125. The fourth-order valence-electron chi connectivity index (χ4n) is 3.62. The highest BCUT2D eigenvalue weighted by Gasteiger charge is 2.23. The molecular formula is C21H25NO4. The summed E-state index contributed by atoms with van der Waals surface area (Å²) in [5.41, 5.74) is 0.431. The third-order valence-electron chi connectivity index (χ3n) is 5.12. The molecule has 5 heteroatoms. The van der Waals surface area contributed by atoms with Crippen molar-refractivity contribution < 1.29 is 19.1 Å². The lowest BCUT2D eigenvalue weighted by Gasteiger charge is -2.29. The highest BCUT2D eigenvalue weighted by molar-refractivity contribution is 6.06. The number of esters is 1. The fourth-order valence-corrected chi connectivity index (χ4v) is 3.62. The van der Waals surface area contributed by atoms with Crippen LogP contribution in [-0.4, -0.2) is 31.6 Å². The molecule has 0 spiro atoms. The first-order chi connectivity index (χ1) is 12.6. The minimum absolute atomic E-state index is 0.178. The summed E-state index contributed by atoms with van der Waals surface area (Å²) in [6.45, 7) is 1.89. The quantitative estimate of drug-likeness (QED) is 0.831. The second-order valence-electron chi connectivity index (χ2n) is 6.87. The van der Waals surface area contributed by atoms with Gasteiger partial charge in [-0.2, -0.15) is 0 Å². The van der Waals surface area contributed by atoms with Crippen LogP contribution in [0, 0.1) is 5.92 Å². The molecule has 3 rings (SSSR count). The Hall–Kier alpha value is -2.56. The predicted molar refractivity (Wildman–Crippen MR) is 100 cm³/mol. The molecule has 1 amide bonds. The molecule has 1 fully saturated rings. The minimum atomic E-state index is -0.504. The summed E-state index contributed by atoms with van der Waals surface area (Å²) in [5.74, 6) is 0.417. The minimum Gasteiger partial charge on any atom is -0.496 e. The Morgan fingerprint density at radius 2 is 1.81 bits per heavy atom. The average molecular weight is 355 g/mol. The number of fused-ring (bicyclic) bond motifs is 1. The summed E-state index contributed by atoms with van der Waals surface area (Å²) in [5, 5.41) is 4.58. The molecule has 138 valence electrons. The molecule has 2 atom stereocenters. The number of amides is 1. The summed E-state index contributed by atoms with van der Waals surface area (Å²) in [6.07, 6.45) is 4.46. The van der Waals surface area contributed by atoms with Gasteiger partial charge in [0.05, 0.1) is 12.7 Å². The zero-order valence-electron chi connectivity index (χ0n) is 15.3. The maximum atomic E-state index is 12.5. The van der Waals surface area contributed by atoms with Gasteiger partial charge in [0.25, 0.3) is 5.91 Å². The Bertz CT molecular complexity index is 802. The van der Waals surface area contributed by atoms with Gasteiger partial charge in [-0.25, -0.2) is 4.79 Å². The van der Waals surface area contributed by atoms with Crippen LogP contribution in [0.3, 0.4) is 0 Å². The number of benzene rings is 2. The van der Waals surface area contributed by atoms with Gasteiger partial charge in [-0.05, 0) is 36.3 Å². The Kier molecular flexibility index (Phi) is 5.76. The average Bonchev–Trinajstić information content (AvgIpc) is 2.67. The molecular weight excluding hydrogens is 330 g/mol. The van der Waals surface area contributed by atoms with E-state index in [0.29, 0.717) is 17.2 Å². The molecule has 2 aromatic rings. The Balaban J connectivity index is 1.65. The fraction of sp³-hybridized carbons (Fsp3) is 0.429. The second-order valence-corrected chi connectivity index (χ2v) is 6.87. The first kappa shape index (κ1) is 18.2.